The van der Waals surface area contributed by atoms with Crippen molar-refractivity contribution in [3.63, 3.8) is 0 Å². The van der Waals surface area contributed by atoms with Crippen molar-refractivity contribution in [1.82, 2.24) is 15.3 Å². The normalized spacial score (nSPS) is 11.1. The molecule has 0 atom stereocenters. The molecule has 0 aliphatic carbocycles. The molecule has 1 aromatic heterocycles. The van der Waals surface area contributed by atoms with Crippen LogP contribution in [0.5, 0.6) is 0 Å². The van der Waals surface area contributed by atoms with Crippen LogP contribution in [0.15, 0.2) is 12.4 Å². The highest BCUT2D eigenvalue weighted by molar-refractivity contribution is 5.89. The van der Waals surface area contributed by atoms with Gasteiger partial charge in [-0.2, -0.15) is 0 Å². The standard InChI is InChI=1S/C10H15N3O/c1-10(2,3)7-5-12-8(13-6-7)9(14)11-4/h5-6H,1-4H3,(H,11,14). The zero-order valence-electron chi connectivity index (χ0n) is 8.96. The number of carbonyl (C=O) groups is 1. The monoisotopic (exact) mass is 193 g/mol. The summed E-state index contributed by atoms with van der Waals surface area (Å²) in [5.74, 6) is -0.0500. The van der Waals surface area contributed by atoms with Crippen molar-refractivity contribution in [3.8, 4) is 0 Å². The number of hydrogen-bond donors (Lipinski definition) is 1. The first-order valence-electron chi connectivity index (χ1n) is 4.50. The third-order valence-corrected chi connectivity index (χ3v) is 1.95. The van der Waals surface area contributed by atoms with E-state index in [2.05, 4.69) is 36.1 Å². The number of nitrogens with one attached hydrogen (secondary N) is 1. The Morgan fingerprint density at radius 1 is 1.29 bits per heavy atom. The van der Waals surface area contributed by atoms with Crippen molar-refractivity contribution in [3.05, 3.63) is 23.8 Å². The highest BCUT2D eigenvalue weighted by Gasteiger charge is 2.15. The molecule has 0 aromatic carbocycles. The number of nitrogens with zero attached hydrogens (tertiary/aromatic N) is 2. The lowest BCUT2D eigenvalue weighted by molar-refractivity contribution is 0.0952. The maximum atomic E-state index is 11.1. The minimum absolute atomic E-state index is 0.0151. The summed E-state index contributed by atoms with van der Waals surface area (Å²) >= 11 is 0. The molecule has 1 heterocycles. The summed E-state index contributed by atoms with van der Waals surface area (Å²) in [6.07, 6.45) is 3.38. The van der Waals surface area contributed by atoms with E-state index >= 15 is 0 Å². The smallest absolute Gasteiger partial charge is 0.288 e. The van der Waals surface area contributed by atoms with Crippen LogP contribution in [0.4, 0.5) is 0 Å². The van der Waals surface area contributed by atoms with Gasteiger partial charge < -0.3 is 5.32 Å². The van der Waals surface area contributed by atoms with E-state index in [1.54, 1.807) is 19.4 Å². The molecule has 4 nitrogen and oxygen atoms in total. The largest absolute Gasteiger partial charge is 0.352 e. The molecule has 0 saturated heterocycles. The van der Waals surface area contributed by atoms with E-state index in [9.17, 15) is 4.79 Å². The van der Waals surface area contributed by atoms with Gasteiger partial charge in [0.05, 0.1) is 0 Å². The first-order chi connectivity index (χ1) is 6.45. The number of amides is 1. The molecular weight excluding hydrogens is 178 g/mol. The third-order valence-electron chi connectivity index (χ3n) is 1.95. The van der Waals surface area contributed by atoms with E-state index in [4.69, 9.17) is 0 Å². The number of carbonyl (C=O) groups excluding carboxylic acids is 1. The highest BCUT2D eigenvalue weighted by Crippen LogP contribution is 2.19. The maximum Gasteiger partial charge on any atom is 0.288 e. The van der Waals surface area contributed by atoms with Crippen LogP contribution in [0, 0.1) is 0 Å². The molecule has 1 rings (SSSR count). The minimum atomic E-state index is -0.259. The number of aromatic nitrogens is 2. The average molecular weight is 193 g/mol. The second-order valence-electron chi connectivity index (χ2n) is 4.12. The summed E-state index contributed by atoms with van der Waals surface area (Å²) in [7, 11) is 1.56. The van der Waals surface area contributed by atoms with Crippen molar-refractivity contribution < 1.29 is 4.79 Å². The maximum absolute atomic E-state index is 11.1. The fraction of sp³-hybridized carbons (Fsp3) is 0.500. The van der Waals surface area contributed by atoms with Gasteiger partial charge in [-0.15, -0.1) is 0 Å². The Kier molecular flexibility index (Phi) is 2.84. The first kappa shape index (κ1) is 10.6. The highest BCUT2D eigenvalue weighted by atomic mass is 16.2. The van der Waals surface area contributed by atoms with Crippen molar-refractivity contribution in [2.45, 2.75) is 26.2 Å². The van der Waals surface area contributed by atoms with Gasteiger partial charge in [0, 0.05) is 19.4 Å². The van der Waals surface area contributed by atoms with Crippen LogP contribution in [-0.2, 0) is 5.41 Å². The Morgan fingerprint density at radius 2 is 1.79 bits per heavy atom. The van der Waals surface area contributed by atoms with Crippen LogP contribution in [0.3, 0.4) is 0 Å². The Bertz CT molecular complexity index is 324. The molecule has 0 radical (unpaired) electrons. The third kappa shape index (κ3) is 2.28. The molecule has 14 heavy (non-hydrogen) atoms. The molecule has 0 bridgehead atoms. The molecule has 0 aliphatic heterocycles. The van der Waals surface area contributed by atoms with Gasteiger partial charge in [0.25, 0.3) is 5.91 Å². The molecule has 0 fully saturated rings. The quantitative estimate of drug-likeness (QED) is 0.727. The van der Waals surface area contributed by atoms with Crippen LogP contribution in [0.2, 0.25) is 0 Å². The zero-order chi connectivity index (χ0) is 10.8. The topological polar surface area (TPSA) is 54.9 Å². The van der Waals surface area contributed by atoms with Gasteiger partial charge in [-0.05, 0) is 11.0 Å². The van der Waals surface area contributed by atoms with Crippen molar-refractivity contribution in [2.24, 2.45) is 0 Å². The molecule has 76 valence electrons. The zero-order valence-corrected chi connectivity index (χ0v) is 8.96. The first-order valence-corrected chi connectivity index (χ1v) is 4.50. The Hall–Kier alpha value is -1.45. The summed E-state index contributed by atoms with van der Waals surface area (Å²) < 4.78 is 0. The van der Waals surface area contributed by atoms with Gasteiger partial charge in [-0.1, -0.05) is 20.8 Å². The summed E-state index contributed by atoms with van der Waals surface area (Å²) in [5.41, 5.74) is 1.03. The summed E-state index contributed by atoms with van der Waals surface area (Å²) in [4.78, 5) is 19.1. The summed E-state index contributed by atoms with van der Waals surface area (Å²) in [6, 6.07) is 0. The van der Waals surface area contributed by atoms with E-state index in [0.29, 0.717) is 0 Å². The van der Waals surface area contributed by atoms with E-state index in [-0.39, 0.29) is 17.1 Å². The number of rotatable bonds is 1. The van der Waals surface area contributed by atoms with E-state index < -0.39 is 0 Å². The fourth-order valence-corrected chi connectivity index (χ4v) is 0.944. The second kappa shape index (κ2) is 3.74. The van der Waals surface area contributed by atoms with Crippen LogP contribution >= 0.6 is 0 Å². The molecule has 1 N–H and O–H groups in total. The van der Waals surface area contributed by atoms with Crippen molar-refractivity contribution >= 4 is 5.91 Å². The lowest BCUT2D eigenvalue weighted by Crippen LogP contribution is -2.21. The van der Waals surface area contributed by atoms with Crippen LogP contribution in [-0.4, -0.2) is 22.9 Å². The lowest BCUT2D eigenvalue weighted by atomic mass is 9.89. The van der Waals surface area contributed by atoms with Gasteiger partial charge in [0.15, 0.2) is 0 Å². The van der Waals surface area contributed by atoms with Crippen LogP contribution < -0.4 is 5.32 Å². The SMILES string of the molecule is CNC(=O)c1ncc(C(C)(C)C)cn1. The predicted octanol–water partition coefficient (Wildman–Crippen LogP) is 1.13. The Morgan fingerprint density at radius 3 is 2.14 bits per heavy atom. The average Bonchev–Trinajstić information content (AvgIpc) is 2.15. The molecule has 0 unspecified atom stereocenters. The van der Waals surface area contributed by atoms with Crippen molar-refractivity contribution in [1.29, 1.82) is 0 Å². The minimum Gasteiger partial charge on any atom is -0.352 e. The molecule has 0 aliphatic rings. The fourth-order valence-electron chi connectivity index (χ4n) is 0.944. The summed E-state index contributed by atoms with van der Waals surface area (Å²) in [6.45, 7) is 6.22. The molecule has 1 amide bonds. The Balaban J connectivity index is 2.95. The van der Waals surface area contributed by atoms with Gasteiger partial charge in [0.2, 0.25) is 5.82 Å². The Labute approximate surface area is 83.8 Å². The molecule has 1 aromatic rings. The van der Waals surface area contributed by atoms with E-state index in [0.717, 1.165) is 5.56 Å². The molecule has 4 heteroatoms. The molecule has 0 saturated carbocycles. The van der Waals surface area contributed by atoms with E-state index in [1.807, 2.05) is 0 Å². The van der Waals surface area contributed by atoms with Gasteiger partial charge in [-0.25, -0.2) is 9.97 Å². The second-order valence-corrected chi connectivity index (χ2v) is 4.12. The van der Waals surface area contributed by atoms with E-state index in [1.165, 1.54) is 0 Å². The predicted molar refractivity (Wildman–Crippen MR) is 54.1 cm³/mol. The summed E-state index contributed by atoms with van der Waals surface area (Å²) in [5, 5.41) is 2.48. The van der Waals surface area contributed by atoms with Gasteiger partial charge >= 0.3 is 0 Å². The van der Waals surface area contributed by atoms with Gasteiger partial charge in [-0.3, -0.25) is 4.79 Å². The molecule has 0 spiro atoms. The number of hydrogen-bond acceptors (Lipinski definition) is 3. The van der Waals surface area contributed by atoms with Gasteiger partial charge in [0.1, 0.15) is 0 Å². The molecular formula is C10H15N3O. The van der Waals surface area contributed by atoms with Crippen molar-refractivity contribution in [2.75, 3.05) is 7.05 Å². The lowest BCUT2D eigenvalue weighted by Gasteiger charge is -2.17. The van der Waals surface area contributed by atoms with Crippen LogP contribution in [0.1, 0.15) is 37.0 Å². The van der Waals surface area contributed by atoms with Crippen LogP contribution in [0.25, 0.3) is 0 Å².